The first-order valence-electron chi connectivity index (χ1n) is 5.07. The second-order valence-corrected chi connectivity index (χ2v) is 3.60. The van der Waals surface area contributed by atoms with Crippen molar-refractivity contribution in [2.75, 3.05) is 19.0 Å². The summed E-state index contributed by atoms with van der Waals surface area (Å²) in [5.41, 5.74) is 4.80. The fraction of sp³-hybridized carbons (Fsp3) is 0.364. The third-order valence-corrected chi connectivity index (χ3v) is 2.12. The molecule has 0 saturated heterocycles. The van der Waals surface area contributed by atoms with E-state index >= 15 is 0 Å². The van der Waals surface area contributed by atoms with Crippen LogP contribution in [0.25, 0.3) is 0 Å². The Morgan fingerprint density at radius 3 is 2.47 bits per heavy atom. The lowest BCUT2D eigenvalue weighted by Crippen LogP contribution is -2.18. The first-order valence-corrected chi connectivity index (χ1v) is 5.07. The molecule has 8 heteroatoms. The van der Waals surface area contributed by atoms with Gasteiger partial charge in [-0.3, -0.25) is 4.79 Å². The topological polar surface area (TPSA) is 64.3 Å². The molecule has 0 aliphatic carbocycles. The molecule has 0 unspecified atom stereocenters. The normalized spacial score (nSPS) is 10.8. The first-order chi connectivity index (χ1) is 8.36. The summed E-state index contributed by atoms with van der Waals surface area (Å²) < 4.78 is 42.3. The molecule has 0 heterocycles. The molecule has 0 aromatic heterocycles. The highest BCUT2D eigenvalue weighted by Gasteiger charge is 2.31. The van der Waals surface area contributed by atoms with Gasteiger partial charge in [0.15, 0.2) is 0 Å². The third kappa shape index (κ3) is 5.46. The standard InChI is InChI=1S/C11H13F3N2O2.ClH/c1-18-6-10(17)16-9-3-7(5-15)2-8(4-9)11(12,13)14;/h2-4H,5-6,15H2,1H3,(H,16,17);1H. The monoisotopic (exact) mass is 298 g/mol. The van der Waals surface area contributed by atoms with Gasteiger partial charge in [0.1, 0.15) is 6.61 Å². The lowest BCUT2D eigenvalue weighted by Gasteiger charge is -2.12. The maximum atomic E-state index is 12.6. The number of ether oxygens (including phenoxy) is 1. The van der Waals surface area contributed by atoms with Crippen LogP contribution in [0.2, 0.25) is 0 Å². The Morgan fingerprint density at radius 2 is 2.00 bits per heavy atom. The molecular weight excluding hydrogens is 285 g/mol. The number of carbonyl (C=O) groups is 1. The minimum absolute atomic E-state index is 0. The summed E-state index contributed by atoms with van der Waals surface area (Å²) in [7, 11) is 1.32. The number of anilines is 1. The Bertz CT molecular complexity index is 438. The molecule has 1 aromatic rings. The Balaban J connectivity index is 0.00000324. The van der Waals surface area contributed by atoms with Crippen molar-refractivity contribution in [2.24, 2.45) is 5.73 Å². The summed E-state index contributed by atoms with van der Waals surface area (Å²) in [6, 6.07) is 3.20. The SMILES string of the molecule is COCC(=O)Nc1cc(CN)cc(C(F)(F)F)c1.Cl. The van der Waals surface area contributed by atoms with Crippen molar-refractivity contribution in [2.45, 2.75) is 12.7 Å². The van der Waals surface area contributed by atoms with Gasteiger partial charge in [0, 0.05) is 19.3 Å². The van der Waals surface area contributed by atoms with E-state index < -0.39 is 17.6 Å². The summed E-state index contributed by atoms with van der Waals surface area (Å²) in [4.78, 5) is 11.2. The summed E-state index contributed by atoms with van der Waals surface area (Å²) in [5, 5.41) is 2.31. The van der Waals surface area contributed by atoms with Gasteiger partial charge in [-0.05, 0) is 23.8 Å². The van der Waals surface area contributed by atoms with Crippen LogP contribution >= 0.6 is 12.4 Å². The quantitative estimate of drug-likeness (QED) is 0.895. The second-order valence-electron chi connectivity index (χ2n) is 3.60. The van der Waals surface area contributed by atoms with E-state index in [2.05, 4.69) is 10.1 Å². The predicted molar refractivity (Wildman–Crippen MR) is 67.1 cm³/mol. The maximum Gasteiger partial charge on any atom is 0.416 e. The van der Waals surface area contributed by atoms with Crippen LogP contribution in [0.1, 0.15) is 11.1 Å². The number of nitrogens with two attached hydrogens (primary N) is 1. The molecule has 1 aromatic carbocycles. The Labute approximate surface area is 114 Å². The van der Waals surface area contributed by atoms with Gasteiger partial charge in [0.2, 0.25) is 5.91 Å². The summed E-state index contributed by atoms with van der Waals surface area (Å²) in [6.45, 7) is -0.273. The molecule has 0 saturated carbocycles. The van der Waals surface area contributed by atoms with Crippen molar-refractivity contribution < 1.29 is 22.7 Å². The van der Waals surface area contributed by atoms with E-state index in [1.165, 1.54) is 13.2 Å². The van der Waals surface area contributed by atoms with Crippen LogP contribution < -0.4 is 11.1 Å². The molecule has 19 heavy (non-hydrogen) atoms. The first kappa shape index (κ1) is 17.7. The molecule has 0 aliphatic heterocycles. The number of hydrogen-bond donors (Lipinski definition) is 2. The molecule has 1 amide bonds. The van der Waals surface area contributed by atoms with Gasteiger partial charge in [-0.15, -0.1) is 12.4 Å². The number of carbonyl (C=O) groups excluding carboxylic acids is 1. The van der Waals surface area contributed by atoms with Crippen molar-refractivity contribution in [3.8, 4) is 0 Å². The number of halogens is 4. The summed E-state index contributed by atoms with van der Waals surface area (Å²) in [6.07, 6.45) is -4.48. The van der Waals surface area contributed by atoms with Gasteiger partial charge >= 0.3 is 6.18 Å². The lowest BCUT2D eigenvalue weighted by molar-refractivity contribution is -0.137. The molecule has 0 radical (unpaired) electrons. The number of nitrogens with one attached hydrogen (secondary N) is 1. The average molecular weight is 299 g/mol. The van der Waals surface area contributed by atoms with Gasteiger partial charge in [-0.1, -0.05) is 0 Å². The number of hydrogen-bond acceptors (Lipinski definition) is 3. The zero-order valence-corrected chi connectivity index (χ0v) is 10.9. The zero-order chi connectivity index (χ0) is 13.8. The Morgan fingerprint density at radius 1 is 1.37 bits per heavy atom. The molecule has 3 N–H and O–H groups in total. The zero-order valence-electron chi connectivity index (χ0n) is 10.1. The smallest absolute Gasteiger partial charge is 0.375 e. The minimum atomic E-state index is -4.48. The van der Waals surface area contributed by atoms with Crippen LogP contribution in [0, 0.1) is 0 Å². The van der Waals surface area contributed by atoms with Gasteiger partial charge in [-0.25, -0.2) is 0 Å². The van der Waals surface area contributed by atoms with Crippen LogP contribution in [0.4, 0.5) is 18.9 Å². The molecule has 1 rings (SSSR count). The van der Waals surface area contributed by atoms with Crippen LogP contribution in [0.3, 0.4) is 0 Å². The summed E-state index contributed by atoms with van der Waals surface area (Å²) >= 11 is 0. The van der Waals surface area contributed by atoms with Crippen LogP contribution in [-0.2, 0) is 22.3 Å². The molecule has 0 spiro atoms. The summed E-state index contributed by atoms with van der Waals surface area (Å²) in [5.74, 6) is -0.528. The predicted octanol–water partition coefficient (Wildman–Crippen LogP) is 2.17. The second kappa shape index (κ2) is 7.32. The van der Waals surface area contributed by atoms with E-state index in [1.54, 1.807) is 0 Å². The van der Waals surface area contributed by atoms with E-state index in [0.717, 1.165) is 12.1 Å². The van der Waals surface area contributed by atoms with Crippen molar-refractivity contribution in [1.29, 1.82) is 0 Å². The fourth-order valence-electron chi connectivity index (χ4n) is 1.37. The van der Waals surface area contributed by atoms with Crippen LogP contribution in [0.15, 0.2) is 18.2 Å². The number of rotatable bonds is 4. The molecular formula is C11H14ClF3N2O2. The highest BCUT2D eigenvalue weighted by atomic mass is 35.5. The third-order valence-electron chi connectivity index (χ3n) is 2.12. The number of alkyl halides is 3. The maximum absolute atomic E-state index is 12.6. The van der Waals surface area contributed by atoms with E-state index in [1.807, 2.05) is 0 Å². The van der Waals surface area contributed by atoms with Gasteiger partial charge in [-0.2, -0.15) is 13.2 Å². The Hall–Kier alpha value is -1.31. The van der Waals surface area contributed by atoms with E-state index in [4.69, 9.17) is 5.73 Å². The fourth-order valence-corrected chi connectivity index (χ4v) is 1.37. The average Bonchev–Trinajstić information content (AvgIpc) is 2.27. The van der Waals surface area contributed by atoms with Gasteiger partial charge in [0.25, 0.3) is 0 Å². The van der Waals surface area contributed by atoms with Gasteiger partial charge in [0.05, 0.1) is 5.56 Å². The number of amides is 1. The molecule has 4 nitrogen and oxygen atoms in total. The largest absolute Gasteiger partial charge is 0.416 e. The van der Waals surface area contributed by atoms with E-state index in [0.29, 0.717) is 0 Å². The highest BCUT2D eigenvalue weighted by molar-refractivity contribution is 5.91. The molecule has 0 bridgehead atoms. The van der Waals surface area contributed by atoms with E-state index in [9.17, 15) is 18.0 Å². The number of benzene rings is 1. The van der Waals surface area contributed by atoms with Crippen LogP contribution in [-0.4, -0.2) is 19.6 Å². The van der Waals surface area contributed by atoms with Crippen molar-refractivity contribution in [3.05, 3.63) is 29.3 Å². The lowest BCUT2D eigenvalue weighted by atomic mass is 10.1. The molecule has 0 atom stereocenters. The highest BCUT2D eigenvalue weighted by Crippen LogP contribution is 2.31. The number of methoxy groups -OCH3 is 1. The van der Waals surface area contributed by atoms with Crippen molar-refractivity contribution >= 4 is 24.0 Å². The van der Waals surface area contributed by atoms with E-state index in [-0.39, 0.29) is 36.8 Å². The minimum Gasteiger partial charge on any atom is -0.375 e. The Kier molecular flexibility index (Phi) is 6.82. The van der Waals surface area contributed by atoms with Crippen molar-refractivity contribution in [3.63, 3.8) is 0 Å². The molecule has 0 aliphatic rings. The molecule has 0 fully saturated rings. The van der Waals surface area contributed by atoms with Crippen molar-refractivity contribution in [1.82, 2.24) is 0 Å². The molecule has 108 valence electrons. The van der Waals surface area contributed by atoms with Crippen LogP contribution in [0.5, 0.6) is 0 Å². The van der Waals surface area contributed by atoms with Gasteiger partial charge < -0.3 is 15.8 Å².